The molecule has 0 atom stereocenters. The SMILES string of the molecule is C=CCOCC(C(=O)OCC)C(=O)OCC. The predicted molar refractivity (Wildman–Crippen MR) is 57.8 cm³/mol. The molecular formula is C11H18O5. The van der Waals surface area contributed by atoms with Crippen LogP contribution in [-0.2, 0) is 23.8 Å². The van der Waals surface area contributed by atoms with Crippen molar-refractivity contribution < 1.29 is 23.8 Å². The summed E-state index contributed by atoms with van der Waals surface area (Å²) >= 11 is 0. The summed E-state index contributed by atoms with van der Waals surface area (Å²) in [5.74, 6) is -2.25. The molecule has 0 aliphatic rings. The third kappa shape index (κ3) is 5.50. The lowest BCUT2D eigenvalue weighted by atomic mass is 10.1. The molecule has 0 bridgehead atoms. The molecule has 0 saturated carbocycles. The topological polar surface area (TPSA) is 61.8 Å². The molecule has 5 heteroatoms. The molecule has 0 aromatic rings. The maximum Gasteiger partial charge on any atom is 0.322 e. The summed E-state index contributed by atoms with van der Waals surface area (Å²) in [7, 11) is 0. The molecule has 0 heterocycles. The molecule has 0 unspecified atom stereocenters. The minimum Gasteiger partial charge on any atom is -0.465 e. The minimum atomic E-state index is -1.01. The lowest BCUT2D eigenvalue weighted by Gasteiger charge is -2.13. The van der Waals surface area contributed by atoms with Crippen molar-refractivity contribution in [3.8, 4) is 0 Å². The zero-order valence-electron chi connectivity index (χ0n) is 9.73. The molecule has 0 aromatic carbocycles. The van der Waals surface area contributed by atoms with Crippen molar-refractivity contribution in [2.24, 2.45) is 5.92 Å². The van der Waals surface area contributed by atoms with E-state index in [0.717, 1.165) is 0 Å². The summed E-state index contributed by atoms with van der Waals surface area (Å²) < 4.78 is 14.6. The summed E-state index contributed by atoms with van der Waals surface area (Å²) in [5, 5.41) is 0. The largest absolute Gasteiger partial charge is 0.465 e. The Kier molecular flexibility index (Phi) is 8.15. The van der Waals surface area contributed by atoms with Gasteiger partial charge in [0.05, 0.1) is 26.4 Å². The molecule has 16 heavy (non-hydrogen) atoms. The Bertz CT molecular complexity index is 219. The fraction of sp³-hybridized carbons (Fsp3) is 0.636. The van der Waals surface area contributed by atoms with E-state index >= 15 is 0 Å². The lowest BCUT2D eigenvalue weighted by molar-refractivity contribution is -0.164. The quantitative estimate of drug-likeness (QED) is 0.269. The van der Waals surface area contributed by atoms with Gasteiger partial charge >= 0.3 is 11.9 Å². The van der Waals surface area contributed by atoms with Crippen LogP contribution in [0.4, 0.5) is 0 Å². The highest BCUT2D eigenvalue weighted by molar-refractivity contribution is 5.95. The standard InChI is InChI=1S/C11H18O5/c1-4-7-14-8-9(10(12)15-5-2)11(13)16-6-3/h4,9H,1,5-8H2,2-3H3. The van der Waals surface area contributed by atoms with Crippen molar-refractivity contribution in [1.29, 1.82) is 0 Å². The molecule has 0 aromatic heterocycles. The van der Waals surface area contributed by atoms with Crippen LogP contribution in [0.25, 0.3) is 0 Å². The van der Waals surface area contributed by atoms with Crippen LogP contribution in [0.5, 0.6) is 0 Å². The molecule has 0 aliphatic carbocycles. The molecular weight excluding hydrogens is 212 g/mol. The second-order valence-electron chi connectivity index (χ2n) is 2.88. The Hall–Kier alpha value is -1.36. The fourth-order valence-corrected chi connectivity index (χ4v) is 0.987. The summed E-state index contributed by atoms with van der Waals surface area (Å²) in [5.41, 5.74) is 0. The van der Waals surface area contributed by atoms with E-state index < -0.39 is 17.9 Å². The number of carbonyl (C=O) groups is 2. The second kappa shape index (κ2) is 8.91. The Morgan fingerprint density at radius 1 is 1.19 bits per heavy atom. The first-order valence-corrected chi connectivity index (χ1v) is 5.19. The summed E-state index contributed by atoms with van der Waals surface area (Å²) in [6.07, 6.45) is 1.54. The number of ether oxygens (including phenoxy) is 3. The molecule has 0 aliphatic heterocycles. The van der Waals surface area contributed by atoms with E-state index in [1.165, 1.54) is 6.08 Å². The molecule has 5 nitrogen and oxygen atoms in total. The Balaban J connectivity index is 4.30. The highest BCUT2D eigenvalue weighted by Gasteiger charge is 2.29. The van der Waals surface area contributed by atoms with Crippen LogP contribution in [-0.4, -0.2) is 38.4 Å². The maximum absolute atomic E-state index is 11.4. The Morgan fingerprint density at radius 2 is 1.69 bits per heavy atom. The minimum absolute atomic E-state index is 0.0519. The molecule has 0 spiro atoms. The first kappa shape index (κ1) is 14.6. The van der Waals surface area contributed by atoms with Gasteiger partial charge in [-0.1, -0.05) is 6.08 Å². The molecule has 92 valence electrons. The van der Waals surface area contributed by atoms with Crippen molar-refractivity contribution >= 4 is 11.9 Å². The first-order chi connectivity index (χ1) is 7.67. The van der Waals surface area contributed by atoms with Crippen LogP contribution < -0.4 is 0 Å². The molecule has 0 fully saturated rings. The van der Waals surface area contributed by atoms with Crippen molar-refractivity contribution in [1.82, 2.24) is 0 Å². The van der Waals surface area contributed by atoms with Crippen LogP contribution in [0, 0.1) is 5.92 Å². The fourth-order valence-electron chi connectivity index (χ4n) is 0.987. The highest BCUT2D eigenvalue weighted by atomic mass is 16.6. The Labute approximate surface area is 95.4 Å². The molecule has 0 amide bonds. The average molecular weight is 230 g/mol. The van der Waals surface area contributed by atoms with Gasteiger partial charge in [0.25, 0.3) is 0 Å². The van der Waals surface area contributed by atoms with Gasteiger partial charge in [0, 0.05) is 0 Å². The van der Waals surface area contributed by atoms with Crippen LogP contribution in [0.2, 0.25) is 0 Å². The maximum atomic E-state index is 11.4. The monoisotopic (exact) mass is 230 g/mol. The predicted octanol–water partition coefficient (Wildman–Crippen LogP) is 0.931. The van der Waals surface area contributed by atoms with E-state index in [0.29, 0.717) is 0 Å². The highest BCUT2D eigenvalue weighted by Crippen LogP contribution is 2.04. The van der Waals surface area contributed by atoms with Crippen LogP contribution in [0.3, 0.4) is 0 Å². The van der Waals surface area contributed by atoms with E-state index in [1.54, 1.807) is 13.8 Å². The van der Waals surface area contributed by atoms with Crippen molar-refractivity contribution in [2.75, 3.05) is 26.4 Å². The van der Waals surface area contributed by atoms with E-state index in [9.17, 15) is 9.59 Å². The van der Waals surface area contributed by atoms with Gasteiger partial charge in [-0.25, -0.2) is 0 Å². The normalized spacial score (nSPS) is 9.94. The van der Waals surface area contributed by atoms with Crippen LogP contribution in [0.15, 0.2) is 12.7 Å². The van der Waals surface area contributed by atoms with E-state index in [2.05, 4.69) is 6.58 Å². The second-order valence-corrected chi connectivity index (χ2v) is 2.88. The summed E-state index contributed by atoms with van der Waals surface area (Å²) in [6.45, 7) is 7.46. The third-order valence-electron chi connectivity index (χ3n) is 1.66. The van der Waals surface area contributed by atoms with Crippen molar-refractivity contribution in [3.05, 3.63) is 12.7 Å². The van der Waals surface area contributed by atoms with Crippen molar-refractivity contribution in [2.45, 2.75) is 13.8 Å². The molecule has 0 N–H and O–H groups in total. The van der Waals surface area contributed by atoms with Gasteiger partial charge in [0.15, 0.2) is 5.92 Å². The average Bonchev–Trinajstić information content (AvgIpc) is 2.25. The number of hydrogen-bond acceptors (Lipinski definition) is 5. The van der Waals surface area contributed by atoms with Crippen LogP contribution >= 0.6 is 0 Å². The molecule has 0 radical (unpaired) electrons. The summed E-state index contributed by atoms with van der Waals surface area (Å²) in [6, 6.07) is 0. The van der Waals surface area contributed by atoms with E-state index in [4.69, 9.17) is 14.2 Å². The number of rotatable bonds is 8. The zero-order chi connectivity index (χ0) is 12.4. The number of carbonyl (C=O) groups excluding carboxylic acids is 2. The summed E-state index contributed by atoms with van der Waals surface area (Å²) in [4.78, 5) is 22.8. The first-order valence-electron chi connectivity index (χ1n) is 5.19. The van der Waals surface area contributed by atoms with Gasteiger partial charge < -0.3 is 14.2 Å². The smallest absolute Gasteiger partial charge is 0.322 e. The lowest BCUT2D eigenvalue weighted by Crippen LogP contribution is -2.32. The van der Waals surface area contributed by atoms with Gasteiger partial charge in [0.1, 0.15) is 0 Å². The van der Waals surface area contributed by atoms with Crippen LogP contribution in [0.1, 0.15) is 13.8 Å². The number of esters is 2. The Morgan fingerprint density at radius 3 is 2.06 bits per heavy atom. The van der Waals surface area contributed by atoms with Gasteiger partial charge in [-0.3, -0.25) is 9.59 Å². The van der Waals surface area contributed by atoms with Crippen molar-refractivity contribution in [3.63, 3.8) is 0 Å². The van der Waals surface area contributed by atoms with Gasteiger partial charge in [-0.15, -0.1) is 6.58 Å². The van der Waals surface area contributed by atoms with E-state index in [-0.39, 0.29) is 26.4 Å². The number of hydrogen-bond donors (Lipinski definition) is 0. The van der Waals surface area contributed by atoms with Gasteiger partial charge in [0.2, 0.25) is 0 Å². The molecule has 0 saturated heterocycles. The van der Waals surface area contributed by atoms with E-state index in [1.807, 2.05) is 0 Å². The third-order valence-corrected chi connectivity index (χ3v) is 1.66. The zero-order valence-corrected chi connectivity index (χ0v) is 9.73. The van der Waals surface area contributed by atoms with Gasteiger partial charge in [-0.2, -0.15) is 0 Å². The van der Waals surface area contributed by atoms with Gasteiger partial charge in [-0.05, 0) is 13.8 Å². The molecule has 0 rings (SSSR count).